The second-order valence-electron chi connectivity index (χ2n) is 9.51. The molecule has 2 atom stereocenters. The SMILES string of the molecule is Cc1nc(C)c(S(=O)(=O)N(C)c2ccc(OC(C)C)c(CN[C@H]3CCCN[C@H]3c3ccccc3)c2)s1. The van der Waals surface area contributed by atoms with Crippen molar-refractivity contribution in [2.24, 2.45) is 0 Å². The van der Waals surface area contributed by atoms with Crippen LogP contribution in [0.4, 0.5) is 5.69 Å². The topological polar surface area (TPSA) is 83.6 Å². The fourth-order valence-corrected chi connectivity index (χ4v) is 7.47. The van der Waals surface area contributed by atoms with E-state index in [9.17, 15) is 8.42 Å². The normalized spacial score (nSPS) is 18.4. The van der Waals surface area contributed by atoms with Crippen molar-refractivity contribution in [2.45, 2.75) is 69.5 Å². The van der Waals surface area contributed by atoms with E-state index in [0.29, 0.717) is 17.9 Å². The summed E-state index contributed by atoms with van der Waals surface area (Å²) < 4.78 is 34.5. The molecular formula is C27H36N4O3S2. The van der Waals surface area contributed by atoms with Gasteiger partial charge in [-0.25, -0.2) is 13.4 Å². The molecule has 7 nitrogen and oxygen atoms in total. The molecule has 2 N–H and O–H groups in total. The second-order valence-corrected chi connectivity index (χ2v) is 12.9. The van der Waals surface area contributed by atoms with Crippen LogP contribution in [0.5, 0.6) is 5.75 Å². The van der Waals surface area contributed by atoms with Gasteiger partial charge in [-0.15, -0.1) is 11.3 Å². The van der Waals surface area contributed by atoms with Gasteiger partial charge in [0, 0.05) is 31.2 Å². The highest BCUT2D eigenvalue weighted by molar-refractivity contribution is 7.94. The van der Waals surface area contributed by atoms with Crippen LogP contribution < -0.4 is 19.7 Å². The molecule has 36 heavy (non-hydrogen) atoms. The van der Waals surface area contributed by atoms with Crippen LogP contribution in [0.1, 0.15) is 54.6 Å². The number of benzene rings is 2. The number of aryl methyl sites for hydroxylation is 2. The molecule has 0 amide bonds. The van der Waals surface area contributed by atoms with Crippen LogP contribution in [0.2, 0.25) is 0 Å². The monoisotopic (exact) mass is 528 g/mol. The molecule has 0 bridgehead atoms. The van der Waals surface area contributed by atoms with E-state index < -0.39 is 10.0 Å². The third-order valence-electron chi connectivity index (χ3n) is 6.40. The van der Waals surface area contributed by atoms with Crippen LogP contribution in [0, 0.1) is 13.8 Å². The third kappa shape index (κ3) is 5.91. The van der Waals surface area contributed by atoms with Gasteiger partial charge in [-0.05, 0) is 70.8 Å². The molecule has 2 aromatic carbocycles. The average Bonchev–Trinajstić information content (AvgIpc) is 3.22. The van der Waals surface area contributed by atoms with Crippen molar-refractivity contribution >= 4 is 27.0 Å². The van der Waals surface area contributed by atoms with Gasteiger partial charge in [-0.2, -0.15) is 0 Å². The minimum atomic E-state index is -3.72. The Bertz CT molecular complexity index is 1280. The molecular weight excluding hydrogens is 492 g/mol. The molecule has 0 unspecified atom stereocenters. The lowest BCUT2D eigenvalue weighted by atomic mass is 9.92. The molecule has 0 spiro atoms. The predicted molar refractivity (Wildman–Crippen MR) is 146 cm³/mol. The predicted octanol–water partition coefficient (Wildman–Crippen LogP) is 4.96. The summed E-state index contributed by atoms with van der Waals surface area (Å²) in [6, 6.07) is 16.6. The van der Waals surface area contributed by atoms with E-state index in [-0.39, 0.29) is 22.4 Å². The van der Waals surface area contributed by atoms with Gasteiger partial charge in [-0.3, -0.25) is 4.31 Å². The number of nitrogens with one attached hydrogen (secondary N) is 2. The minimum Gasteiger partial charge on any atom is -0.491 e. The second kappa shape index (κ2) is 11.3. The number of ether oxygens (including phenoxy) is 1. The Morgan fingerprint density at radius 2 is 1.94 bits per heavy atom. The molecule has 4 rings (SSSR count). The first-order valence-corrected chi connectivity index (χ1v) is 14.7. The van der Waals surface area contributed by atoms with E-state index >= 15 is 0 Å². The van der Waals surface area contributed by atoms with E-state index in [0.717, 1.165) is 35.7 Å². The first-order valence-electron chi connectivity index (χ1n) is 12.4. The molecule has 2 heterocycles. The number of piperidine rings is 1. The molecule has 1 aliphatic rings. The van der Waals surface area contributed by atoms with Crippen LogP contribution in [0.3, 0.4) is 0 Å². The average molecular weight is 529 g/mol. The van der Waals surface area contributed by atoms with Crippen molar-refractivity contribution in [1.29, 1.82) is 0 Å². The van der Waals surface area contributed by atoms with Gasteiger partial charge < -0.3 is 15.4 Å². The Hall–Kier alpha value is -2.46. The summed E-state index contributed by atoms with van der Waals surface area (Å²) in [5, 5.41) is 8.12. The van der Waals surface area contributed by atoms with Crippen molar-refractivity contribution in [3.63, 3.8) is 0 Å². The number of rotatable bonds is 9. The molecule has 0 aliphatic carbocycles. The maximum atomic E-state index is 13.4. The van der Waals surface area contributed by atoms with Crippen molar-refractivity contribution in [2.75, 3.05) is 17.9 Å². The summed E-state index contributed by atoms with van der Waals surface area (Å²) in [6.45, 7) is 9.11. The van der Waals surface area contributed by atoms with E-state index in [1.54, 1.807) is 20.0 Å². The van der Waals surface area contributed by atoms with Gasteiger partial charge in [0.05, 0.1) is 22.5 Å². The van der Waals surface area contributed by atoms with Crippen molar-refractivity contribution in [3.05, 3.63) is 70.4 Å². The van der Waals surface area contributed by atoms with Crippen LogP contribution >= 0.6 is 11.3 Å². The van der Waals surface area contributed by atoms with E-state index in [1.807, 2.05) is 39.0 Å². The summed E-state index contributed by atoms with van der Waals surface area (Å²) in [7, 11) is -2.12. The lowest BCUT2D eigenvalue weighted by molar-refractivity contribution is 0.238. The smallest absolute Gasteiger partial charge is 0.275 e. The molecule has 1 fully saturated rings. The fraction of sp³-hybridized carbons (Fsp3) is 0.444. The molecule has 0 radical (unpaired) electrons. The Kier molecular flexibility index (Phi) is 8.34. The maximum absolute atomic E-state index is 13.4. The van der Waals surface area contributed by atoms with Crippen LogP contribution in [0.25, 0.3) is 0 Å². The summed E-state index contributed by atoms with van der Waals surface area (Å²) in [5.41, 5.74) is 3.32. The summed E-state index contributed by atoms with van der Waals surface area (Å²) in [5.74, 6) is 0.761. The van der Waals surface area contributed by atoms with Gasteiger partial charge in [0.2, 0.25) is 0 Å². The van der Waals surface area contributed by atoms with Crippen molar-refractivity contribution in [1.82, 2.24) is 15.6 Å². The largest absolute Gasteiger partial charge is 0.491 e. The molecule has 194 valence electrons. The number of anilines is 1. The third-order valence-corrected chi connectivity index (χ3v) is 9.84. The zero-order valence-electron chi connectivity index (χ0n) is 21.6. The number of aromatic nitrogens is 1. The Labute approximate surface area is 219 Å². The van der Waals surface area contributed by atoms with E-state index in [2.05, 4.69) is 39.9 Å². The molecule has 0 saturated carbocycles. The zero-order valence-corrected chi connectivity index (χ0v) is 23.2. The fourth-order valence-electron chi connectivity index (χ4n) is 4.64. The molecule has 3 aromatic rings. The quantitative estimate of drug-likeness (QED) is 0.409. The minimum absolute atomic E-state index is 0.00675. The van der Waals surface area contributed by atoms with Gasteiger partial charge in [0.1, 0.15) is 5.75 Å². The van der Waals surface area contributed by atoms with E-state index in [1.165, 1.54) is 21.2 Å². The molecule has 1 saturated heterocycles. The highest BCUT2D eigenvalue weighted by Crippen LogP contribution is 2.32. The lowest BCUT2D eigenvalue weighted by Gasteiger charge is -2.34. The lowest BCUT2D eigenvalue weighted by Crippen LogP contribution is -2.45. The summed E-state index contributed by atoms with van der Waals surface area (Å²) in [6.07, 6.45) is 2.17. The number of thiazole rings is 1. The summed E-state index contributed by atoms with van der Waals surface area (Å²) in [4.78, 5) is 4.31. The van der Waals surface area contributed by atoms with Gasteiger partial charge in [0.25, 0.3) is 10.0 Å². The number of nitrogens with zero attached hydrogens (tertiary/aromatic N) is 2. The van der Waals surface area contributed by atoms with Crippen LogP contribution in [0.15, 0.2) is 52.7 Å². The van der Waals surface area contributed by atoms with Crippen molar-refractivity contribution in [3.8, 4) is 5.75 Å². The maximum Gasteiger partial charge on any atom is 0.275 e. The van der Waals surface area contributed by atoms with Crippen LogP contribution in [-0.4, -0.2) is 39.1 Å². The number of hydrogen-bond donors (Lipinski definition) is 2. The van der Waals surface area contributed by atoms with Gasteiger partial charge in [-0.1, -0.05) is 30.3 Å². The molecule has 1 aromatic heterocycles. The Morgan fingerprint density at radius 1 is 1.19 bits per heavy atom. The zero-order chi connectivity index (χ0) is 25.9. The molecule has 9 heteroatoms. The van der Waals surface area contributed by atoms with E-state index in [4.69, 9.17) is 4.74 Å². The Balaban J connectivity index is 1.60. The number of sulfonamides is 1. The first-order chi connectivity index (χ1) is 17.2. The highest BCUT2D eigenvalue weighted by Gasteiger charge is 2.28. The number of hydrogen-bond acceptors (Lipinski definition) is 7. The Morgan fingerprint density at radius 3 is 2.61 bits per heavy atom. The molecule has 1 aliphatic heterocycles. The highest BCUT2D eigenvalue weighted by atomic mass is 32.2. The van der Waals surface area contributed by atoms with Crippen LogP contribution in [-0.2, 0) is 16.6 Å². The first kappa shape index (κ1) is 26.6. The van der Waals surface area contributed by atoms with Gasteiger partial charge >= 0.3 is 0 Å². The van der Waals surface area contributed by atoms with Crippen molar-refractivity contribution < 1.29 is 13.2 Å². The summed E-state index contributed by atoms with van der Waals surface area (Å²) >= 11 is 1.20. The van der Waals surface area contributed by atoms with Gasteiger partial charge in [0.15, 0.2) is 4.21 Å². The standard InChI is InChI=1S/C27H36N4O3S2/c1-18(2)34-25-14-13-23(31(5)36(32,33)27-19(3)30-20(4)35-27)16-22(25)17-29-24-12-9-15-28-26(24)21-10-7-6-8-11-21/h6-8,10-11,13-14,16,18,24,26,28-29H,9,12,15,17H2,1-5H3/t24-,26-/m0/s1.